The first kappa shape index (κ1) is 24.7. The smallest absolute Gasteiger partial charge is 0.330 e. The Bertz CT molecular complexity index is 881. The first-order valence-corrected chi connectivity index (χ1v) is 13.4. The standard InChI is InChI=1S/C30H46O3/c1-19(9-8-10-20(2)26(32)33)21-13-17-29(6)22(21)11-12-24-28(5)16-15-25(31)27(3,4)23(28)14-18-30(24,29)7/h10,21-24H,1,8-9,11-18H2,2-7H3,(H,32,33). The van der Waals surface area contributed by atoms with E-state index in [9.17, 15) is 9.59 Å². The number of hydrogen-bond donors (Lipinski definition) is 1. The number of carboxylic acids is 1. The minimum Gasteiger partial charge on any atom is -0.478 e. The van der Waals surface area contributed by atoms with Crippen LogP contribution in [-0.2, 0) is 9.59 Å². The number of aliphatic carboxylic acids is 1. The van der Waals surface area contributed by atoms with Gasteiger partial charge in [-0.2, -0.15) is 0 Å². The van der Waals surface area contributed by atoms with Gasteiger partial charge in [-0.25, -0.2) is 4.79 Å². The molecule has 0 heterocycles. The molecular formula is C30H46O3. The molecule has 4 aliphatic rings. The largest absolute Gasteiger partial charge is 0.478 e. The molecule has 3 heteroatoms. The molecule has 4 rings (SSSR count). The zero-order chi connectivity index (χ0) is 24.4. The second-order valence-electron chi connectivity index (χ2n) is 13.3. The molecular weight excluding hydrogens is 408 g/mol. The van der Waals surface area contributed by atoms with Crippen LogP contribution in [0.1, 0.15) is 106 Å². The summed E-state index contributed by atoms with van der Waals surface area (Å²) < 4.78 is 0. The van der Waals surface area contributed by atoms with Crippen molar-refractivity contribution in [1.29, 1.82) is 0 Å². The fraction of sp³-hybridized carbons (Fsp3) is 0.800. The maximum absolute atomic E-state index is 12.8. The molecule has 0 aromatic rings. The minimum absolute atomic E-state index is 0.180. The molecule has 3 nitrogen and oxygen atoms in total. The van der Waals surface area contributed by atoms with Crippen molar-refractivity contribution in [2.24, 2.45) is 45.3 Å². The molecule has 0 aliphatic heterocycles. The summed E-state index contributed by atoms with van der Waals surface area (Å²) in [6.07, 6.45) is 12.9. The fourth-order valence-electron chi connectivity index (χ4n) is 9.78. The van der Waals surface area contributed by atoms with Crippen LogP contribution < -0.4 is 0 Å². The Kier molecular flexibility index (Phi) is 6.07. The second-order valence-corrected chi connectivity index (χ2v) is 13.3. The van der Waals surface area contributed by atoms with Crippen molar-refractivity contribution in [3.8, 4) is 0 Å². The highest BCUT2D eigenvalue weighted by Crippen LogP contribution is 2.75. The van der Waals surface area contributed by atoms with E-state index in [4.69, 9.17) is 5.11 Å². The molecule has 184 valence electrons. The molecule has 0 saturated heterocycles. The lowest BCUT2D eigenvalue weighted by molar-refractivity contribution is -0.201. The number of fused-ring (bicyclic) bond motifs is 5. The molecule has 7 unspecified atom stereocenters. The maximum atomic E-state index is 12.8. The van der Waals surface area contributed by atoms with E-state index >= 15 is 0 Å². The van der Waals surface area contributed by atoms with Gasteiger partial charge in [0.1, 0.15) is 5.78 Å². The van der Waals surface area contributed by atoms with Crippen LogP contribution in [0.4, 0.5) is 0 Å². The first-order valence-electron chi connectivity index (χ1n) is 13.4. The molecule has 0 radical (unpaired) electrons. The lowest BCUT2D eigenvalue weighted by atomic mass is 9.35. The molecule has 0 amide bonds. The van der Waals surface area contributed by atoms with Crippen molar-refractivity contribution in [1.82, 2.24) is 0 Å². The van der Waals surface area contributed by atoms with Crippen LogP contribution >= 0.6 is 0 Å². The quantitative estimate of drug-likeness (QED) is 0.343. The lowest BCUT2D eigenvalue weighted by Gasteiger charge is -2.69. The van der Waals surface area contributed by atoms with Crippen LogP contribution in [-0.4, -0.2) is 16.9 Å². The summed E-state index contributed by atoms with van der Waals surface area (Å²) in [6.45, 7) is 18.4. The molecule has 4 saturated carbocycles. The molecule has 0 spiro atoms. The number of allylic oxidation sites excluding steroid dienone is 2. The molecule has 7 atom stereocenters. The third kappa shape index (κ3) is 3.50. The van der Waals surface area contributed by atoms with E-state index in [1.165, 1.54) is 44.1 Å². The summed E-state index contributed by atoms with van der Waals surface area (Å²) in [5, 5.41) is 9.13. The van der Waals surface area contributed by atoms with Crippen LogP contribution in [0.2, 0.25) is 0 Å². The Hall–Kier alpha value is -1.38. The third-order valence-electron chi connectivity index (χ3n) is 11.9. The number of ketones is 1. The van der Waals surface area contributed by atoms with E-state index < -0.39 is 5.97 Å². The summed E-state index contributed by atoms with van der Waals surface area (Å²) in [5.41, 5.74) is 2.52. The minimum atomic E-state index is -0.822. The van der Waals surface area contributed by atoms with Crippen LogP contribution in [0.25, 0.3) is 0 Å². The van der Waals surface area contributed by atoms with Gasteiger partial charge in [-0.1, -0.05) is 52.8 Å². The van der Waals surface area contributed by atoms with Crippen molar-refractivity contribution < 1.29 is 14.7 Å². The predicted molar refractivity (Wildman–Crippen MR) is 134 cm³/mol. The first-order chi connectivity index (χ1) is 15.3. The molecule has 4 fully saturated rings. The maximum Gasteiger partial charge on any atom is 0.330 e. The van der Waals surface area contributed by atoms with Gasteiger partial charge in [0.25, 0.3) is 0 Å². The van der Waals surface area contributed by atoms with Gasteiger partial charge >= 0.3 is 5.97 Å². The van der Waals surface area contributed by atoms with Crippen molar-refractivity contribution in [2.45, 2.75) is 106 Å². The molecule has 0 aromatic carbocycles. The highest BCUT2D eigenvalue weighted by Gasteiger charge is 2.68. The van der Waals surface area contributed by atoms with Gasteiger partial charge in [-0.15, -0.1) is 0 Å². The van der Waals surface area contributed by atoms with Crippen LogP contribution in [0.5, 0.6) is 0 Å². The molecule has 33 heavy (non-hydrogen) atoms. The van der Waals surface area contributed by atoms with Gasteiger partial charge in [-0.05, 0) is 105 Å². The van der Waals surface area contributed by atoms with Crippen LogP contribution in [0.15, 0.2) is 23.8 Å². The fourth-order valence-corrected chi connectivity index (χ4v) is 9.78. The van der Waals surface area contributed by atoms with E-state index in [-0.39, 0.29) is 10.8 Å². The highest BCUT2D eigenvalue weighted by atomic mass is 16.4. The van der Waals surface area contributed by atoms with Crippen LogP contribution in [0, 0.1) is 45.3 Å². The Labute approximate surface area is 201 Å². The van der Waals surface area contributed by atoms with Crippen molar-refractivity contribution in [2.75, 3.05) is 0 Å². The van der Waals surface area contributed by atoms with Crippen LogP contribution in [0.3, 0.4) is 0 Å². The number of Topliss-reactive ketones (excluding diaryl/α,β-unsaturated/α-hetero) is 1. The van der Waals surface area contributed by atoms with Gasteiger partial charge in [0.15, 0.2) is 0 Å². The highest BCUT2D eigenvalue weighted by molar-refractivity contribution is 5.86. The summed E-state index contributed by atoms with van der Waals surface area (Å²) in [5.74, 6) is 2.14. The average molecular weight is 455 g/mol. The van der Waals surface area contributed by atoms with Crippen molar-refractivity contribution in [3.05, 3.63) is 23.8 Å². The van der Waals surface area contributed by atoms with Gasteiger partial charge in [-0.3, -0.25) is 4.79 Å². The van der Waals surface area contributed by atoms with Gasteiger partial charge in [0.05, 0.1) is 0 Å². The molecule has 0 aromatic heterocycles. The normalized spacial score (nSPS) is 44.5. The third-order valence-corrected chi connectivity index (χ3v) is 11.9. The number of hydrogen-bond acceptors (Lipinski definition) is 2. The summed E-state index contributed by atoms with van der Waals surface area (Å²) in [7, 11) is 0. The monoisotopic (exact) mass is 454 g/mol. The van der Waals surface area contributed by atoms with Gasteiger partial charge in [0, 0.05) is 17.4 Å². The Balaban J connectivity index is 1.55. The zero-order valence-electron chi connectivity index (χ0n) is 21.9. The Morgan fingerprint density at radius 1 is 1.00 bits per heavy atom. The van der Waals surface area contributed by atoms with E-state index in [0.29, 0.717) is 45.9 Å². The summed E-state index contributed by atoms with van der Waals surface area (Å²) in [6, 6.07) is 0. The Morgan fingerprint density at radius 3 is 2.33 bits per heavy atom. The number of carbonyl (C=O) groups excluding carboxylic acids is 1. The number of carboxylic acid groups (broad SMARTS) is 1. The lowest BCUT2D eigenvalue weighted by Crippen LogP contribution is -2.63. The predicted octanol–water partition coefficient (Wildman–Crippen LogP) is 7.61. The van der Waals surface area contributed by atoms with E-state index in [1.54, 1.807) is 6.92 Å². The molecule has 0 bridgehead atoms. The molecule has 4 aliphatic carbocycles. The number of rotatable bonds is 5. The summed E-state index contributed by atoms with van der Waals surface area (Å²) >= 11 is 0. The van der Waals surface area contributed by atoms with Crippen molar-refractivity contribution >= 4 is 11.8 Å². The molecule has 1 N–H and O–H groups in total. The van der Waals surface area contributed by atoms with Gasteiger partial charge in [0.2, 0.25) is 0 Å². The van der Waals surface area contributed by atoms with Gasteiger partial charge < -0.3 is 5.11 Å². The topological polar surface area (TPSA) is 54.4 Å². The SMILES string of the molecule is C=C(CCC=C(C)C(=O)O)C1CCC2(C)C1CCC1C3(C)CCC(=O)C(C)(C)C3CCC12C. The second kappa shape index (κ2) is 8.09. The van der Waals surface area contributed by atoms with E-state index in [1.807, 2.05) is 6.08 Å². The zero-order valence-corrected chi connectivity index (χ0v) is 21.9. The van der Waals surface area contributed by atoms with E-state index in [2.05, 4.69) is 41.2 Å². The Morgan fingerprint density at radius 2 is 1.67 bits per heavy atom. The number of carbonyl (C=O) groups is 2. The average Bonchev–Trinajstić information content (AvgIpc) is 3.09. The van der Waals surface area contributed by atoms with E-state index in [0.717, 1.165) is 25.7 Å². The van der Waals surface area contributed by atoms with Crippen molar-refractivity contribution in [3.63, 3.8) is 0 Å². The summed E-state index contributed by atoms with van der Waals surface area (Å²) in [4.78, 5) is 23.9.